The zero-order valence-corrected chi connectivity index (χ0v) is 17.9. The number of halogens is 2. The van der Waals surface area contributed by atoms with Crippen LogP contribution in [0.4, 0.5) is 14.5 Å². The average molecular weight is 471 g/mol. The minimum absolute atomic E-state index is 0.0210. The number of phenols is 1. The van der Waals surface area contributed by atoms with Crippen LogP contribution < -0.4 is 15.5 Å². The first-order valence-electron chi connectivity index (χ1n) is 9.60. The molecule has 0 aliphatic heterocycles. The molecule has 33 heavy (non-hydrogen) atoms. The maximum absolute atomic E-state index is 12.5. The van der Waals surface area contributed by atoms with Crippen molar-refractivity contribution in [3.8, 4) is 11.5 Å². The van der Waals surface area contributed by atoms with Crippen molar-refractivity contribution in [2.45, 2.75) is 10.7 Å². The van der Waals surface area contributed by atoms with Crippen LogP contribution in [0.5, 0.6) is 11.5 Å². The third-order valence-electron chi connectivity index (χ3n) is 4.16. The molecule has 0 aliphatic rings. The summed E-state index contributed by atoms with van der Waals surface area (Å²) in [6.07, 6.45) is 1.30. The molecule has 10 heteroatoms. The van der Waals surface area contributed by atoms with E-state index in [1.807, 2.05) is 0 Å². The topological polar surface area (TPSA) is 100 Å². The summed E-state index contributed by atoms with van der Waals surface area (Å²) in [6.45, 7) is -0.376. The predicted octanol–water partition coefficient (Wildman–Crippen LogP) is 4.49. The SMILES string of the molecule is O=C(COc1ccccc1C(=O)NN=Cc1ccccc1O)Nc1ccc(SC(F)F)cc1. The van der Waals surface area contributed by atoms with Crippen molar-refractivity contribution in [1.82, 2.24) is 5.43 Å². The summed E-state index contributed by atoms with van der Waals surface area (Å²) in [5.74, 6) is -3.38. The van der Waals surface area contributed by atoms with Crippen molar-refractivity contribution in [2.75, 3.05) is 11.9 Å². The Morgan fingerprint density at radius 1 is 1.03 bits per heavy atom. The summed E-state index contributed by atoms with van der Waals surface area (Å²) in [7, 11) is 0. The van der Waals surface area contributed by atoms with Gasteiger partial charge in [-0.05, 0) is 48.5 Å². The zero-order chi connectivity index (χ0) is 23.6. The lowest BCUT2D eigenvalue weighted by molar-refractivity contribution is -0.118. The smallest absolute Gasteiger partial charge is 0.288 e. The number of amides is 2. The molecule has 0 saturated carbocycles. The Morgan fingerprint density at radius 3 is 2.45 bits per heavy atom. The molecule has 0 fully saturated rings. The molecule has 3 aromatic rings. The Kier molecular flexibility index (Phi) is 8.36. The van der Waals surface area contributed by atoms with Crippen molar-refractivity contribution >= 4 is 35.5 Å². The van der Waals surface area contributed by atoms with E-state index in [-0.39, 0.29) is 23.7 Å². The van der Waals surface area contributed by atoms with Crippen LogP contribution in [0.2, 0.25) is 0 Å². The quantitative estimate of drug-likeness (QED) is 0.243. The minimum Gasteiger partial charge on any atom is -0.507 e. The highest BCUT2D eigenvalue weighted by Crippen LogP contribution is 2.26. The molecule has 0 spiro atoms. The van der Waals surface area contributed by atoms with Crippen LogP contribution in [0.1, 0.15) is 15.9 Å². The van der Waals surface area contributed by atoms with Gasteiger partial charge in [-0.1, -0.05) is 36.0 Å². The maximum Gasteiger partial charge on any atom is 0.288 e. The highest BCUT2D eigenvalue weighted by atomic mass is 32.2. The van der Waals surface area contributed by atoms with Crippen LogP contribution >= 0.6 is 11.8 Å². The second-order valence-corrected chi connectivity index (χ2v) is 7.56. The van der Waals surface area contributed by atoms with Crippen LogP contribution in [-0.2, 0) is 4.79 Å². The number of alkyl halides is 2. The van der Waals surface area contributed by atoms with Gasteiger partial charge in [0.2, 0.25) is 0 Å². The normalized spacial score (nSPS) is 10.9. The van der Waals surface area contributed by atoms with Crippen LogP contribution in [0.3, 0.4) is 0 Å². The summed E-state index contributed by atoms with van der Waals surface area (Å²) in [6, 6.07) is 18.8. The van der Waals surface area contributed by atoms with E-state index in [9.17, 15) is 23.5 Å². The summed E-state index contributed by atoms with van der Waals surface area (Å²) in [4.78, 5) is 25.0. The second-order valence-electron chi connectivity index (χ2n) is 6.49. The lowest BCUT2D eigenvalue weighted by Crippen LogP contribution is -2.22. The van der Waals surface area contributed by atoms with Crippen LogP contribution in [0.15, 0.2) is 82.8 Å². The number of thioether (sulfide) groups is 1. The molecule has 0 atom stereocenters. The van der Waals surface area contributed by atoms with E-state index in [0.717, 1.165) is 0 Å². The monoisotopic (exact) mass is 471 g/mol. The molecule has 0 unspecified atom stereocenters. The van der Waals surface area contributed by atoms with Gasteiger partial charge in [-0.15, -0.1) is 0 Å². The molecule has 3 N–H and O–H groups in total. The largest absolute Gasteiger partial charge is 0.507 e. The van der Waals surface area contributed by atoms with Gasteiger partial charge in [0, 0.05) is 16.1 Å². The molecule has 0 aliphatic carbocycles. The zero-order valence-electron chi connectivity index (χ0n) is 17.1. The van der Waals surface area contributed by atoms with Gasteiger partial charge >= 0.3 is 0 Å². The molecule has 3 aromatic carbocycles. The first-order valence-corrected chi connectivity index (χ1v) is 10.5. The van der Waals surface area contributed by atoms with Gasteiger partial charge in [-0.3, -0.25) is 9.59 Å². The van der Waals surface area contributed by atoms with Crippen molar-refractivity contribution < 1.29 is 28.2 Å². The Labute approximate surface area is 192 Å². The third-order valence-corrected chi connectivity index (χ3v) is 4.88. The third kappa shape index (κ3) is 7.32. The molecule has 2 amide bonds. The van der Waals surface area contributed by atoms with E-state index in [1.54, 1.807) is 30.3 Å². The number of hydrazone groups is 1. The fraction of sp³-hybridized carbons (Fsp3) is 0.0870. The summed E-state index contributed by atoms with van der Waals surface area (Å²) >= 11 is 0.412. The van der Waals surface area contributed by atoms with Gasteiger partial charge in [-0.2, -0.15) is 13.9 Å². The number of aromatic hydroxyl groups is 1. The molecule has 170 valence electrons. The fourth-order valence-electron chi connectivity index (χ4n) is 2.66. The van der Waals surface area contributed by atoms with Crippen molar-refractivity contribution in [3.05, 3.63) is 83.9 Å². The van der Waals surface area contributed by atoms with E-state index in [0.29, 0.717) is 27.9 Å². The van der Waals surface area contributed by atoms with Crippen molar-refractivity contribution in [3.63, 3.8) is 0 Å². The Morgan fingerprint density at radius 2 is 1.73 bits per heavy atom. The molecular formula is C23H19F2N3O4S. The number of carbonyl (C=O) groups is 2. The Hall–Kier alpha value is -3.92. The van der Waals surface area contributed by atoms with Gasteiger partial charge in [-0.25, -0.2) is 5.43 Å². The van der Waals surface area contributed by atoms with Gasteiger partial charge in [0.05, 0.1) is 11.8 Å². The first-order chi connectivity index (χ1) is 15.9. The summed E-state index contributed by atoms with van der Waals surface area (Å²) in [5, 5.41) is 16.1. The van der Waals surface area contributed by atoms with Crippen LogP contribution in [0.25, 0.3) is 0 Å². The van der Waals surface area contributed by atoms with Gasteiger partial charge in [0.25, 0.3) is 17.6 Å². The van der Waals surface area contributed by atoms with Crippen molar-refractivity contribution in [1.29, 1.82) is 0 Å². The summed E-state index contributed by atoms with van der Waals surface area (Å²) in [5.41, 5.74) is 3.36. The molecule has 0 radical (unpaired) electrons. The number of hydrogen-bond acceptors (Lipinski definition) is 6. The number of phenolic OH excluding ortho intramolecular Hbond substituents is 1. The first kappa shape index (κ1) is 23.7. The molecular weight excluding hydrogens is 452 g/mol. The van der Waals surface area contributed by atoms with Gasteiger partial charge in [0.1, 0.15) is 11.5 Å². The van der Waals surface area contributed by atoms with Gasteiger partial charge in [0.15, 0.2) is 6.61 Å². The minimum atomic E-state index is -2.52. The number of para-hydroxylation sites is 2. The van der Waals surface area contributed by atoms with Crippen molar-refractivity contribution in [2.24, 2.45) is 5.10 Å². The fourth-order valence-corrected chi connectivity index (χ4v) is 3.16. The lowest BCUT2D eigenvalue weighted by Gasteiger charge is -2.11. The van der Waals surface area contributed by atoms with E-state index in [4.69, 9.17) is 4.74 Å². The number of benzene rings is 3. The lowest BCUT2D eigenvalue weighted by atomic mass is 10.2. The predicted molar refractivity (Wildman–Crippen MR) is 122 cm³/mol. The van der Waals surface area contributed by atoms with E-state index >= 15 is 0 Å². The highest BCUT2D eigenvalue weighted by Gasteiger charge is 2.13. The van der Waals surface area contributed by atoms with Gasteiger partial charge < -0.3 is 15.2 Å². The molecule has 0 saturated heterocycles. The van der Waals surface area contributed by atoms with E-state index in [1.165, 1.54) is 48.7 Å². The van der Waals surface area contributed by atoms with E-state index < -0.39 is 17.6 Å². The van der Waals surface area contributed by atoms with Crippen LogP contribution in [-0.4, -0.2) is 35.5 Å². The standard InChI is InChI=1S/C23H19F2N3O4S/c24-23(25)33-17-11-9-16(10-12-17)27-21(30)14-32-20-8-4-2-6-18(20)22(31)28-26-13-15-5-1-3-7-19(15)29/h1-13,23,29H,14H2,(H,27,30)(H,28,31). The molecule has 0 bridgehead atoms. The number of anilines is 1. The van der Waals surface area contributed by atoms with Crippen LogP contribution in [0, 0.1) is 0 Å². The second kappa shape index (κ2) is 11.6. The summed E-state index contributed by atoms with van der Waals surface area (Å²) < 4.78 is 30.2. The Balaban J connectivity index is 1.56. The average Bonchev–Trinajstić information content (AvgIpc) is 2.80. The number of rotatable bonds is 9. The number of nitrogens with one attached hydrogen (secondary N) is 2. The number of nitrogens with zero attached hydrogens (tertiary/aromatic N) is 1. The molecule has 7 nitrogen and oxygen atoms in total. The maximum atomic E-state index is 12.5. The van der Waals surface area contributed by atoms with E-state index in [2.05, 4.69) is 15.8 Å². The number of carbonyl (C=O) groups excluding carboxylic acids is 2. The molecule has 0 heterocycles. The number of hydrogen-bond donors (Lipinski definition) is 3. The number of ether oxygens (including phenoxy) is 1. The molecule has 0 aromatic heterocycles. The Bertz CT molecular complexity index is 1140. The molecule has 3 rings (SSSR count). The highest BCUT2D eigenvalue weighted by molar-refractivity contribution is 7.99.